The van der Waals surface area contributed by atoms with Gasteiger partial charge in [-0.2, -0.15) is 0 Å². The number of rotatable bonds is 4. The lowest BCUT2D eigenvalue weighted by molar-refractivity contribution is 0.00192. The molecule has 0 fully saturated rings. The van der Waals surface area contributed by atoms with Gasteiger partial charge < -0.3 is 15.2 Å². The highest BCUT2D eigenvalue weighted by molar-refractivity contribution is 9.08. The first-order valence-electron chi connectivity index (χ1n) is 9.10. The molecule has 0 aromatic carbocycles. The summed E-state index contributed by atoms with van der Waals surface area (Å²) in [4.78, 5) is 34.4. The van der Waals surface area contributed by atoms with Crippen LogP contribution in [0, 0.1) is 0 Å². The van der Waals surface area contributed by atoms with E-state index in [1.165, 1.54) is 6.07 Å². The average molecular weight is 464 g/mol. The second kappa shape index (κ2) is 8.49. The van der Waals surface area contributed by atoms with Gasteiger partial charge in [0.25, 0.3) is 0 Å². The van der Waals surface area contributed by atoms with Crippen LogP contribution in [-0.4, -0.2) is 33.1 Å². The number of hydrogen-bond acceptors (Lipinski definition) is 7. The van der Waals surface area contributed by atoms with Crippen LogP contribution in [0.15, 0.2) is 24.3 Å². The number of aromatic nitrogens is 2. The molecule has 0 amide bonds. The fourth-order valence-corrected chi connectivity index (χ4v) is 2.74. The Bertz CT molecular complexity index is 930. The summed E-state index contributed by atoms with van der Waals surface area (Å²) in [6.07, 6.45) is 0. The van der Waals surface area contributed by atoms with Crippen LogP contribution in [0.4, 0.5) is 5.82 Å². The van der Waals surface area contributed by atoms with Crippen LogP contribution in [0.2, 0.25) is 0 Å². The number of halogens is 1. The molecule has 0 spiro atoms. The van der Waals surface area contributed by atoms with Crippen molar-refractivity contribution >= 4 is 33.7 Å². The number of pyridine rings is 2. The molecule has 0 atom stereocenters. The standard InChI is InChI=1S/C21H26BrN3O4/c1-20(2,3)28-18(26)13-10-15(14-9-7-8-12(11-22)24-14)25-17(23)16(13)19(27)29-21(4,5)6/h7-10H,11H2,1-6H3,(H2,23,25). The van der Waals surface area contributed by atoms with Crippen molar-refractivity contribution in [3.05, 3.63) is 41.1 Å². The van der Waals surface area contributed by atoms with Crippen molar-refractivity contribution in [2.24, 2.45) is 0 Å². The number of esters is 2. The maximum absolute atomic E-state index is 12.9. The molecule has 2 heterocycles. The van der Waals surface area contributed by atoms with E-state index in [9.17, 15) is 9.59 Å². The highest BCUT2D eigenvalue weighted by Crippen LogP contribution is 2.27. The number of ether oxygens (including phenoxy) is 2. The van der Waals surface area contributed by atoms with Crippen LogP contribution in [0.3, 0.4) is 0 Å². The van der Waals surface area contributed by atoms with E-state index >= 15 is 0 Å². The fourth-order valence-electron chi connectivity index (χ4n) is 2.43. The molecule has 2 aromatic rings. The van der Waals surface area contributed by atoms with Gasteiger partial charge in [-0.1, -0.05) is 22.0 Å². The normalized spacial score (nSPS) is 11.8. The van der Waals surface area contributed by atoms with Crippen LogP contribution < -0.4 is 5.73 Å². The lowest BCUT2D eigenvalue weighted by Crippen LogP contribution is -2.29. The zero-order valence-corrected chi connectivity index (χ0v) is 19.1. The molecule has 2 rings (SSSR count). The van der Waals surface area contributed by atoms with Crippen LogP contribution in [0.25, 0.3) is 11.4 Å². The first-order chi connectivity index (χ1) is 13.3. The predicted molar refractivity (Wildman–Crippen MR) is 115 cm³/mol. The lowest BCUT2D eigenvalue weighted by Gasteiger charge is -2.23. The molecular formula is C21H26BrN3O4. The van der Waals surface area contributed by atoms with Crippen molar-refractivity contribution < 1.29 is 19.1 Å². The Morgan fingerprint density at radius 1 is 0.966 bits per heavy atom. The molecule has 2 aromatic heterocycles. The van der Waals surface area contributed by atoms with Gasteiger partial charge in [0.1, 0.15) is 22.6 Å². The molecule has 0 aliphatic carbocycles. The summed E-state index contributed by atoms with van der Waals surface area (Å²) in [6.45, 7) is 10.4. The SMILES string of the molecule is CC(C)(C)OC(=O)c1cc(-c2cccc(CBr)n2)nc(N)c1C(=O)OC(C)(C)C. The quantitative estimate of drug-likeness (QED) is 0.524. The minimum absolute atomic E-state index is 0.0114. The number of carbonyl (C=O) groups is 2. The lowest BCUT2D eigenvalue weighted by atomic mass is 10.0. The Labute approximate surface area is 179 Å². The van der Waals surface area contributed by atoms with Gasteiger partial charge in [0, 0.05) is 5.33 Å². The Morgan fingerprint density at radius 3 is 2.10 bits per heavy atom. The molecule has 0 saturated carbocycles. The highest BCUT2D eigenvalue weighted by Gasteiger charge is 2.30. The van der Waals surface area contributed by atoms with Gasteiger partial charge in [-0.15, -0.1) is 0 Å². The van der Waals surface area contributed by atoms with Gasteiger partial charge in [0.2, 0.25) is 0 Å². The highest BCUT2D eigenvalue weighted by atomic mass is 79.9. The minimum Gasteiger partial charge on any atom is -0.456 e. The zero-order valence-electron chi connectivity index (χ0n) is 17.5. The number of nitrogens with zero attached hydrogens (tertiary/aromatic N) is 2. The second-order valence-corrected chi connectivity index (χ2v) is 9.03. The molecule has 29 heavy (non-hydrogen) atoms. The second-order valence-electron chi connectivity index (χ2n) is 8.47. The molecule has 0 bridgehead atoms. The number of hydrogen-bond donors (Lipinski definition) is 1. The summed E-state index contributed by atoms with van der Waals surface area (Å²) in [7, 11) is 0. The first-order valence-corrected chi connectivity index (χ1v) is 10.2. The monoisotopic (exact) mass is 463 g/mol. The van der Waals surface area contributed by atoms with Gasteiger partial charge in [-0.3, -0.25) is 4.98 Å². The summed E-state index contributed by atoms with van der Waals surface area (Å²) in [5.41, 5.74) is 6.12. The van der Waals surface area contributed by atoms with Crippen LogP contribution >= 0.6 is 15.9 Å². The van der Waals surface area contributed by atoms with Crippen molar-refractivity contribution in [2.75, 3.05) is 5.73 Å². The van der Waals surface area contributed by atoms with E-state index < -0.39 is 23.1 Å². The number of alkyl halides is 1. The minimum atomic E-state index is -0.765. The maximum Gasteiger partial charge on any atom is 0.343 e. The summed E-state index contributed by atoms with van der Waals surface area (Å²) < 4.78 is 10.9. The number of anilines is 1. The van der Waals surface area contributed by atoms with Gasteiger partial charge >= 0.3 is 11.9 Å². The van der Waals surface area contributed by atoms with E-state index in [-0.39, 0.29) is 16.9 Å². The molecule has 0 saturated heterocycles. The summed E-state index contributed by atoms with van der Waals surface area (Å²) in [6, 6.07) is 6.89. The number of nitrogens with two attached hydrogens (primary N) is 1. The smallest absolute Gasteiger partial charge is 0.343 e. The third-order valence-corrected chi connectivity index (χ3v) is 4.05. The summed E-state index contributed by atoms with van der Waals surface area (Å²) >= 11 is 3.37. The van der Waals surface area contributed by atoms with Gasteiger partial charge in [0.15, 0.2) is 0 Å². The molecular weight excluding hydrogens is 438 g/mol. The van der Waals surface area contributed by atoms with E-state index in [4.69, 9.17) is 15.2 Å². The van der Waals surface area contributed by atoms with Crippen LogP contribution in [0.1, 0.15) is 68.0 Å². The van der Waals surface area contributed by atoms with Crippen LogP contribution in [0.5, 0.6) is 0 Å². The van der Waals surface area contributed by atoms with Crippen LogP contribution in [-0.2, 0) is 14.8 Å². The van der Waals surface area contributed by atoms with E-state index in [1.54, 1.807) is 47.6 Å². The Hall–Kier alpha value is -2.48. The Morgan fingerprint density at radius 2 is 1.55 bits per heavy atom. The Balaban J connectivity index is 2.64. The summed E-state index contributed by atoms with van der Waals surface area (Å²) in [5.74, 6) is -1.55. The predicted octanol–water partition coefficient (Wildman–Crippen LogP) is 4.53. The van der Waals surface area contributed by atoms with E-state index in [1.807, 2.05) is 12.1 Å². The summed E-state index contributed by atoms with van der Waals surface area (Å²) in [5, 5.41) is 0.561. The van der Waals surface area contributed by atoms with Crippen molar-refractivity contribution in [3.63, 3.8) is 0 Å². The first kappa shape index (κ1) is 22.8. The van der Waals surface area contributed by atoms with Gasteiger partial charge in [0.05, 0.1) is 22.6 Å². The third-order valence-electron chi connectivity index (χ3n) is 3.48. The van der Waals surface area contributed by atoms with Crippen molar-refractivity contribution in [3.8, 4) is 11.4 Å². The molecule has 2 N–H and O–H groups in total. The fraction of sp³-hybridized carbons (Fsp3) is 0.429. The molecule has 156 valence electrons. The van der Waals surface area contributed by atoms with E-state index in [0.29, 0.717) is 16.7 Å². The molecule has 8 heteroatoms. The maximum atomic E-state index is 12.9. The van der Waals surface area contributed by atoms with E-state index in [0.717, 1.165) is 5.69 Å². The topological polar surface area (TPSA) is 104 Å². The molecule has 0 aliphatic heterocycles. The molecule has 7 nitrogen and oxygen atoms in total. The van der Waals surface area contributed by atoms with Gasteiger partial charge in [-0.25, -0.2) is 14.6 Å². The van der Waals surface area contributed by atoms with Gasteiger partial charge in [-0.05, 0) is 59.7 Å². The Kier molecular flexibility index (Phi) is 6.67. The molecule has 0 radical (unpaired) electrons. The zero-order chi connectivity index (χ0) is 22.0. The number of nitrogen functional groups attached to an aromatic ring is 1. The third kappa shape index (κ3) is 6.25. The molecule has 0 aliphatic rings. The largest absolute Gasteiger partial charge is 0.456 e. The average Bonchev–Trinajstić information content (AvgIpc) is 2.57. The van der Waals surface area contributed by atoms with E-state index in [2.05, 4.69) is 25.9 Å². The van der Waals surface area contributed by atoms with Crippen molar-refractivity contribution in [1.82, 2.24) is 9.97 Å². The van der Waals surface area contributed by atoms with Crippen molar-refractivity contribution in [2.45, 2.75) is 58.1 Å². The number of carbonyl (C=O) groups excluding carboxylic acids is 2. The van der Waals surface area contributed by atoms with Crippen molar-refractivity contribution in [1.29, 1.82) is 0 Å². The molecule has 0 unspecified atom stereocenters.